The molecule has 1 atom stereocenters. The van der Waals surface area contributed by atoms with Crippen LogP contribution < -0.4 is 15.2 Å². The van der Waals surface area contributed by atoms with Crippen LogP contribution in [0.25, 0.3) is 11.0 Å². The van der Waals surface area contributed by atoms with E-state index < -0.39 is 0 Å². The maximum atomic E-state index is 12.2. The highest BCUT2D eigenvalue weighted by atomic mass is 16.5. The van der Waals surface area contributed by atoms with Crippen molar-refractivity contribution in [1.29, 1.82) is 0 Å². The van der Waals surface area contributed by atoms with Gasteiger partial charge in [-0.1, -0.05) is 12.0 Å². The minimum absolute atomic E-state index is 0.00686. The number of hydrogen-bond acceptors (Lipinski definition) is 7. The molecule has 2 N–H and O–H groups in total. The molecule has 1 saturated heterocycles. The molecule has 164 valence electrons. The first-order chi connectivity index (χ1) is 15.5. The van der Waals surface area contributed by atoms with Crippen LogP contribution in [0, 0.1) is 11.8 Å². The highest BCUT2D eigenvalue weighted by molar-refractivity contribution is 5.91. The number of carbonyl (C=O) groups excluding carboxylic acids is 1. The maximum absolute atomic E-state index is 12.2. The number of nitrogens with two attached hydrogens (primary N) is 1. The molecule has 1 aliphatic rings. The van der Waals surface area contributed by atoms with Gasteiger partial charge in [-0.2, -0.15) is 5.10 Å². The summed E-state index contributed by atoms with van der Waals surface area (Å²) in [5.41, 5.74) is 7.96. The Balaban J connectivity index is 1.72. The van der Waals surface area contributed by atoms with Crippen LogP contribution in [0.15, 0.2) is 36.7 Å². The fourth-order valence-electron chi connectivity index (χ4n) is 3.74. The number of rotatable bonds is 4. The number of nitrogens with zero attached hydrogens (tertiary/aromatic N) is 5. The monoisotopic (exact) mass is 432 g/mol. The van der Waals surface area contributed by atoms with E-state index >= 15 is 0 Å². The smallest absolute Gasteiger partial charge is 0.246 e. The van der Waals surface area contributed by atoms with E-state index in [0.29, 0.717) is 52.7 Å². The van der Waals surface area contributed by atoms with Crippen LogP contribution in [-0.4, -0.2) is 57.9 Å². The van der Waals surface area contributed by atoms with Gasteiger partial charge in [0.25, 0.3) is 0 Å². The van der Waals surface area contributed by atoms with E-state index in [1.54, 1.807) is 37.3 Å². The second-order valence-corrected chi connectivity index (χ2v) is 7.33. The predicted molar refractivity (Wildman–Crippen MR) is 120 cm³/mol. The molecule has 3 heterocycles. The summed E-state index contributed by atoms with van der Waals surface area (Å²) in [7, 11) is 3.18. The highest BCUT2D eigenvalue weighted by Crippen LogP contribution is 2.29. The Morgan fingerprint density at radius 3 is 2.62 bits per heavy atom. The lowest BCUT2D eigenvalue weighted by Gasteiger charge is -2.14. The van der Waals surface area contributed by atoms with Crippen LogP contribution in [0.3, 0.4) is 0 Å². The number of allylic oxidation sites excluding steroid dienone is 1. The fraction of sp³-hybridized carbons (Fsp3) is 0.304. The number of likely N-dealkylation sites (tertiary alicyclic amines) is 1. The second-order valence-electron chi connectivity index (χ2n) is 7.33. The number of amides is 1. The zero-order chi connectivity index (χ0) is 22.7. The summed E-state index contributed by atoms with van der Waals surface area (Å²) in [6.07, 6.45) is 5.50. The van der Waals surface area contributed by atoms with Gasteiger partial charge in [0.05, 0.1) is 25.6 Å². The van der Waals surface area contributed by atoms with Gasteiger partial charge < -0.3 is 20.1 Å². The first-order valence-electron chi connectivity index (χ1n) is 10.2. The third kappa shape index (κ3) is 4.07. The third-order valence-electron chi connectivity index (χ3n) is 5.32. The zero-order valence-corrected chi connectivity index (χ0v) is 18.2. The molecule has 4 rings (SSSR count). The fourth-order valence-corrected chi connectivity index (χ4v) is 3.74. The van der Waals surface area contributed by atoms with Crippen molar-refractivity contribution in [2.75, 3.05) is 33.0 Å². The summed E-state index contributed by atoms with van der Waals surface area (Å²) >= 11 is 0. The Bertz CT molecular complexity index is 1230. The minimum Gasteiger partial charge on any atom is -0.497 e. The quantitative estimate of drug-likeness (QED) is 0.497. The van der Waals surface area contributed by atoms with Crippen molar-refractivity contribution < 1.29 is 14.3 Å². The minimum atomic E-state index is -0.0199. The molecule has 0 radical (unpaired) electrons. The lowest BCUT2D eigenvalue weighted by atomic mass is 10.2. The maximum Gasteiger partial charge on any atom is 0.246 e. The largest absolute Gasteiger partial charge is 0.497 e. The summed E-state index contributed by atoms with van der Waals surface area (Å²) in [6.45, 7) is 3.03. The van der Waals surface area contributed by atoms with Gasteiger partial charge in [0, 0.05) is 24.7 Å². The molecule has 0 bridgehead atoms. The van der Waals surface area contributed by atoms with Crippen LogP contribution in [0.4, 0.5) is 5.82 Å². The zero-order valence-electron chi connectivity index (χ0n) is 18.2. The van der Waals surface area contributed by atoms with Gasteiger partial charge in [0.2, 0.25) is 5.91 Å². The summed E-state index contributed by atoms with van der Waals surface area (Å²) in [4.78, 5) is 22.6. The molecule has 9 nitrogen and oxygen atoms in total. The number of methoxy groups -OCH3 is 2. The van der Waals surface area contributed by atoms with Crippen LogP contribution in [0.1, 0.15) is 30.6 Å². The van der Waals surface area contributed by atoms with Crippen LogP contribution >= 0.6 is 0 Å². The lowest BCUT2D eigenvalue weighted by Crippen LogP contribution is -2.27. The summed E-state index contributed by atoms with van der Waals surface area (Å²) in [6, 6.07) is 5.39. The summed E-state index contributed by atoms with van der Waals surface area (Å²) in [5, 5.41) is 5.32. The van der Waals surface area contributed by atoms with Crippen LogP contribution in [-0.2, 0) is 4.79 Å². The Kier molecular flexibility index (Phi) is 5.94. The molecule has 1 aliphatic heterocycles. The van der Waals surface area contributed by atoms with E-state index in [1.165, 1.54) is 6.33 Å². The molecule has 32 heavy (non-hydrogen) atoms. The van der Waals surface area contributed by atoms with E-state index in [1.807, 2.05) is 23.7 Å². The molecule has 0 saturated carbocycles. The Labute approximate surface area is 185 Å². The van der Waals surface area contributed by atoms with Crippen molar-refractivity contribution in [3.8, 4) is 23.3 Å². The van der Waals surface area contributed by atoms with Crippen molar-refractivity contribution in [2.24, 2.45) is 0 Å². The molecular formula is C23H24N6O3. The highest BCUT2D eigenvalue weighted by Gasteiger charge is 2.29. The van der Waals surface area contributed by atoms with Crippen LogP contribution in [0.5, 0.6) is 11.5 Å². The lowest BCUT2D eigenvalue weighted by molar-refractivity contribution is -0.125. The van der Waals surface area contributed by atoms with E-state index in [4.69, 9.17) is 20.3 Å². The molecule has 3 aromatic rings. The van der Waals surface area contributed by atoms with Gasteiger partial charge in [-0.3, -0.25) is 4.79 Å². The van der Waals surface area contributed by atoms with Gasteiger partial charge >= 0.3 is 0 Å². The number of hydrogen-bond donors (Lipinski definition) is 1. The topological polar surface area (TPSA) is 108 Å². The Morgan fingerprint density at radius 2 is 1.94 bits per heavy atom. The summed E-state index contributed by atoms with van der Waals surface area (Å²) in [5.74, 6) is 7.80. The third-order valence-corrected chi connectivity index (χ3v) is 5.32. The number of benzene rings is 1. The number of ether oxygens (including phenoxy) is 2. The molecule has 9 heteroatoms. The Morgan fingerprint density at radius 1 is 1.19 bits per heavy atom. The summed E-state index contributed by atoms with van der Waals surface area (Å²) < 4.78 is 12.4. The molecule has 1 amide bonds. The molecule has 2 aromatic heterocycles. The molecule has 1 fully saturated rings. The van der Waals surface area contributed by atoms with Gasteiger partial charge in [-0.05, 0) is 37.5 Å². The predicted octanol–water partition coefficient (Wildman–Crippen LogP) is 2.17. The molecule has 1 unspecified atom stereocenters. The van der Waals surface area contributed by atoms with E-state index in [9.17, 15) is 4.79 Å². The number of nitrogen functional groups attached to an aromatic ring is 1. The van der Waals surface area contributed by atoms with Crippen molar-refractivity contribution in [3.63, 3.8) is 0 Å². The van der Waals surface area contributed by atoms with Crippen molar-refractivity contribution in [2.45, 2.75) is 19.4 Å². The molecule has 1 aromatic carbocycles. The average Bonchev–Trinajstić information content (AvgIpc) is 3.43. The van der Waals surface area contributed by atoms with Crippen molar-refractivity contribution in [1.82, 2.24) is 24.6 Å². The molecular weight excluding hydrogens is 408 g/mol. The number of anilines is 1. The van der Waals surface area contributed by atoms with Crippen molar-refractivity contribution in [3.05, 3.63) is 47.9 Å². The SMILES string of the molecule is CC=CC(=O)N1CCC(n2nc(C#Cc3cc(OC)cc(OC)c3)c3c(N)ncnc32)C1. The average molecular weight is 432 g/mol. The normalized spacial score (nSPS) is 15.7. The van der Waals surface area contributed by atoms with Crippen LogP contribution in [0.2, 0.25) is 0 Å². The Hall–Kier alpha value is -4.06. The number of aromatic nitrogens is 4. The molecule has 0 aliphatic carbocycles. The van der Waals surface area contributed by atoms with Gasteiger partial charge in [-0.25, -0.2) is 14.6 Å². The van der Waals surface area contributed by atoms with E-state index in [2.05, 4.69) is 21.8 Å². The van der Waals surface area contributed by atoms with E-state index in [0.717, 1.165) is 6.42 Å². The van der Waals surface area contributed by atoms with Gasteiger partial charge in [0.15, 0.2) is 5.65 Å². The van der Waals surface area contributed by atoms with Gasteiger partial charge in [-0.15, -0.1) is 0 Å². The van der Waals surface area contributed by atoms with Crippen molar-refractivity contribution >= 4 is 22.8 Å². The molecule has 0 spiro atoms. The standard InChI is InChI=1S/C23H24N6O3/c1-4-5-20(30)28-9-8-16(13-28)29-23-21(22(24)25-14-26-23)19(27-29)7-6-15-10-17(31-2)12-18(11-15)32-3/h4-5,10-12,14,16H,8-9,13H2,1-3H3,(H2,24,25,26). The van der Waals surface area contributed by atoms with Gasteiger partial charge in [0.1, 0.15) is 29.3 Å². The number of fused-ring (bicyclic) bond motifs is 1. The first kappa shape index (κ1) is 21.2. The number of carbonyl (C=O) groups is 1. The second kappa shape index (κ2) is 8.98. The first-order valence-corrected chi connectivity index (χ1v) is 10.2. The van der Waals surface area contributed by atoms with E-state index in [-0.39, 0.29) is 11.9 Å².